The lowest BCUT2D eigenvalue weighted by atomic mass is 9.78. The molecule has 21 heavy (non-hydrogen) atoms. The predicted octanol–water partition coefficient (Wildman–Crippen LogP) is 3.10. The minimum absolute atomic E-state index is 0.375. The lowest BCUT2D eigenvalue weighted by Gasteiger charge is -2.25. The van der Waals surface area contributed by atoms with Crippen LogP contribution < -0.4 is 4.74 Å². The number of benzene rings is 1. The van der Waals surface area contributed by atoms with Crippen molar-refractivity contribution in [2.45, 2.75) is 18.3 Å². The van der Waals surface area contributed by atoms with Gasteiger partial charge in [-0.1, -0.05) is 18.2 Å². The maximum atomic E-state index is 5.29. The Morgan fingerprint density at radius 3 is 2.62 bits per heavy atom. The van der Waals surface area contributed by atoms with Crippen LogP contribution in [-0.4, -0.2) is 36.6 Å². The molecule has 2 bridgehead atoms. The molecule has 1 aromatic heterocycles. The second-order valence-electron chi connectivity index (χ2n) is 6.22. The van der Waals surface area contributed by atoms with E-state index in [2.05, 4.69) is 29.3 Å². The first-order valence-electron chi connectivity index (χ1n) is 7.62. The largest absolute Gasteiger partial charge is 0.497 e. The SMILES string of the molecule is COc1cccc(-c2ccc(C34CCN(CC3)C4)cn2)c1. The molecule has 2 aliphatic heterocycles. The molecule has 0 radical (unpaired) electrons. The zero-order valence-electron chi connectivity index (χ0n) is 12.4. The first-order chi connectivity index (χ1) is 10.3. The number of fused-ring (bicyclic) bond motifs is 2. The number of piperidine rings is 1. The van der Waals surface area contributed by atoms with Crippen LogP contribution in [0.3, 0.4) is 0 Å². The van der Waals surface area contributed by atoms with E-state index < -0.39 is 0 Å². The second-order valence-corrected chi connectivity index (χ2v) is 6.22. The number of nitrogens with zero attached hydrogens (tertiary/aromatic N) is 2. The molecule has 2 aromatic rings. The van der Waals surface area contributed by atoms with E-state index in [-0.39, 0.29) is 0 Å². The summed E-state index contributed by atoms with van der Waals surface area (Å²) in [5.41, 5.74) is 3.91. The molecule has 4 rings (SSSR count). The van der Waals surface area contributed by atoms with Crippen LogP contribution in [0.1, 0.15) is 18.4 Å². The van der Waals surface area contributed by atoms with Crippen LogP contribution in [-0.2, 0) is 5.41 Å². The molecule has 3 nitrogen and oxygen atoms in total. The maximum absolute atomic E-state index is 5.29. The molecule has 2 saturated heterocycles. The normalized spacial score (nSPS) is 27.0. The van der Waals surface area contributed by atoms with Crippen LogP contribution >= 0.6 is 0 Å². The molecule has 0 aliphatic carbocycles. The van der Waals surface area contributed by atoms with Gasteiger partial charge in [0, 0.05) is 23.7 Å². The van der Waals surface area contributed by atoms with E-state index in [1.54, 1.807) is 7.11 Å². The number of pyridine rings is 1. The number of aromatic nitrogens is 1. The summed E-state index contributed by atoms with van der Waals surface area (Å²) < 4.78 is 5.29. The minimum atomic E-state index is 0.375. The Labute approximate surface area is 125 Å². The summed E-state index contributed by atoms with van der Waals surface area (Å²) in [6, 6.07) is 12.5. The second kappa shape index (κ2) is 4.85. The molecular weight excluding hydrogens is 260 g/mol. The van der Waals surface area contributed by atoms with E-state index in [9.17, 15) is 0 Å². The lowest BCUT2D eigenvalue weighted by Crippen LogP contribution is -2.24. The van der Waals surface area contributed by atoms with Gasteiger partial charge in [-0.05, 0) is 49.7 Å². The highest BCUT2D eigenvalue weighted by Gasteiger charge is 2.44. The van der Waals surface area contributed by atoms with Crippen LogP contribution in [0.15, 0.2) is 42.6 Å². The van der Waals surface area contributed by atoms with Crippen molar-refractivity contribution in [2.24, 2.45) is 0 Å². The van der Waals surface area contributed by atoms with E-state index in [1.165, 1.54) is 38.0 Å². The summed E-state index contributed by atoms with van der Waals surface area (Å²) in [4.78, 5) is 7.27. The quantitative estimate of drug-likeness (QED) is 0.864. The highest BCUT2D eigenvalue weighted by Crippen LogP contribution is 2.43. The Kier molecular flexibility index (Phi) is 2.96. The van der Waals surface area contributed by atoms with Crippen molar-refractivity contribution >= 4 is 0 Å². The maximum Gasteiger partial charge on any atom is 0.119 e. The summed E-state index contributed by atoms with van der Waals surface area (Å²) in [6.45, 7) is 3.71. The zero-order valence-corrected chi connectivity index (χ0v) is 12.4. The predicted molar refractivity (Wildman–Crippen MR) is 83.6 cm³/mol. The van der Waals surface area contributed by atoms with Crippen LogP contribution in [0.25, 0.3) is 11.3 Å². The van der Waals surface area contributed by atoms with E-state index in [1.807, 2.05) is 18.2 Å². The van der Waals surface area contributed by atoms with Crippen molar-refractivity contribution in [1.29, 1.82) is 0 Å². The Morgan fingerprint density at radius 1 is 1.14 bits per heavy atom. The van der Waals surface area contributed by atoms with Crippen LogP contribution in [0, 0.1) is 0 Å². The van der Waals surface area contributed by atoms with Gasteiger partial charge in [0.1, 0.15) is 5.75 Å². The first-order valence-corrected chi connectivity index (χ1v) is 7.62. The summed E-state index contributed by atoms with van der Waals surface area (Å²) in [5.74, 6) is 0.874. The van der Waals surface area contributed by atoms with Gasteiger partial charge in [-0.3, -0.25) is 4.98 Å². The molecule has 0 amide bonds. The molecule has 2 fully saturated rings. The molecular formula is C18H20N2O. The Morgan fingerprint density at radius 2 is 2.00 bits per heavy atom. The van der Waals surface area contributed by atoms with Crippen molar-refractivity contribution in [3.63, 3.8) is 0 Å². The number of ether oxygens (including phenoxy) is 1. The molecule has 3 heteroatoms. The van der Waals surface area contributed by atoms with Crippen LogP contribution in [0.2, 0.25) is 0 Å². The van der Waals surface area contributed by atoms with Gasteiger partial charge in [0.15, 0.2) is 0 Å². The van der Waals surface area contributed by atoms with Crippen LogP contribution in [0.5, 0.6) is 5.75 Å². The molecule has 0 saturated carbocycles. The molecule has 0 N–H and O–H groups in total. The third-order valence-corrected chi connectivity index (χ3v) is 5.08. The molecule has 108 valence electrons. The molecule has 0 unspecified atom stereocenters. The lowest BCUT2D eigenvalue weighted by molar-refractivity contribution is 0.364. The minimum Gasteiger partial charge on any atom is -0.497 e. The van der Waals surface area contributed by atoms with Gasteiger partial charge >= 0.3 is 0 Å². The average molecular weight is 280 g/mol. The Hall–Kier alpha value is -1.87. The van der Waals surface area contributed by atoms with Gasteiger partial charge in [0.25, 0.3) is 0 Å². The van der Waals surface area contributed by atoms with Gasteiger partial charge < -0.3 is 9.64 Å². The number of methoxy groups -OCH3 is 1. The van der Waals surface area contributed by atoms with Gasteiger partial charge in [0.2, 0.25) is 0 Å². The smallest absolute Gasteiger partial charge is 0.119 e. The summed E-state index contributed by atoms with van der Waals surface area (Å²) in [6.07, 6.45) is 4.66. The van der Waals surface area contributed by atoms with Crippen LogP contribution in [0.4, 0.5) is 0 Å². The van der Waals surface area contributed by atoms with Gasteiger partial charge in [0.05, 0.1) is 12.8 Å². The van der Waals surface area contributed by atoms with Crippen molar-refractivity contribution in [3.8, 4) is 17.0 Å². The van der Waals surface area contributed by atoms with E-state index >= 15 is 0 Å². The molecule has 0 atom stereocenters. The molecule has 3 heterocycles. The fourth-order valence-electron chi connectivity index (χ4n) is 3.77. The summed E-state index contributed by atoms with van der Waals surface area (Å²) in [7, 11) is 1.70. The average Bonchev–Trinajstić information content (AvgIpc) is 3.17. The van der Waals surface area contributed by atoms with E-state index in [4.69, 9.17) is 9.72 Å². The van der Waals surface area contributed by atoms with Gasteiger partial charge in [-0.15, -0.1) is 0 Å². The number of hydrogen-bond acceptors (Lipinski definition) is 3. The van der Waals surface area contributed by atoms with Gasteiger partial charge in [-0.2, -0.15) is 0 Å². The Bertz CT molecular complexity index is 643. The van der Waals surface area contributed by atoms with E-state index in [0.717, 1.165) is 17.0 Å². The Balaban J connectivity index is 1.64. The standard InChI is InChI=1S/C18H20N2O/c1-21-16-4-2-3-14(11-16)17-6-5-15(12-19-17)18-7-9-20(13-18)10-8-18/h2-6,11-12H,7-10,13H2,1H3. The van der Waals surface area contributed by atoms with Crippen molar-refractivity contribution in [1.82, 2.24) is 9.88 Å². The zero-order chi connectivity index (χ0) is 14.3. The fourth-order valence-corrected chi connectivity index (χ4v) is 3.77. The molecule has 1 aromatic carbocycles. The van der Waals surface area contributed by atoms with Gasteiger partial charge in [-0.25, -0.2) is 0 Å². The third kappa shape index (κ3) is 2.12. The number of rotatable bonds is 3. The highest BCUT2D eigenvalue weighted by molar-refractivity contribution is 5.61. The summed E-state index contributed by atoms with van der Waals surface area (Å²) in [5, 5.41) is 0. The first kappa shape index (κ1) is 12.8. The number of hydrogen-bond donors (Lipinski definition) is 0. The van der Waals surface area contributed by atoms with Crippen molar-refractivity contribution in [2.75, 3.05) is 26.7 Å². The monoisotopic (exact) mass is 280 g/mol. The van der Waals surface area contributed by atoms with E-state index in [0.29, 0.717) is 5.41 Å². The molecule has 0 spiro atoms. The highest BCUT2D eigenvalue weighted by atomic mass is 16.5. The topological polar surface area (TPSA) is 25.4 Å². The summed E-state index contributed by atoms with van der Waals surface area (Å²) >= 11 is 0. The molecule has 2 aliphatic rings. The third-order valence-electron chi connectivity index (χ3n) is 5.08. The van der Waals surface area contributed by atoms with Crippen molar-refractivity contribution in [3.05, 3.63) is 48.2 Å². The van der Waals surface area contributed by atoms with Crippen molar-refractivity contribution < 1.29 is 4.74 Å². The fraction of sp³-hybridized carbons (Fsp3) is 0.389.